The monoisotopic (exact) mass is 289 g/mol. The van der Waals surface area contributed by atoms with Gasteiger partial charge in [0.1, 0.15) is 0 Å². The van der Waals surface area contributed by atoms with Crippen molar-refractivity contribution < 1.29 is 4.79 Å². The van der Waals surface area contributed by atoms with Crippen molar-refractivity contribution in [3.05, 3.63) is 29.7 Å². The fourth-order valence-corrected chi connectivity index (χ4v) is 3.18. The van der Waals surface area contributed by atoms with Crippen LogP contribution in [0.5, 0.6) is 0 Å². The van der Waals surface area contributed by atoms with E-state index in [0.717, 1.165) is 30.2 Å². The highest BCUT2D eigenvalue weighted by atomic mass is 32.1. The van der Waals surface area contributed by atoms with Crippen LogP contribution >= 0.6 is 11.3 Å². The molecule has 20 heavy (non-hydrogen) atoms. The second-order valence-corrected chi connectivity index (χ2v) is 5.52. The fourth-order valence-electron chi connectivity index (χ4n) is 2.42. The zero-order valence-electron chi connectivity index (χ0n) is 11.1. The molecular formula is C13H15N5OS. The lowest BCUT2D eigenvalue weighted by molar-refractivity contribution is -0.129. The SMILES string of the molecule is CC(=O)N1CCC[C@@H]1c1csc(Nc2cnccn2)n1. The molecule has 0 unspecified atom stereocenters. The fraction of sp³-hybridized carbons (Fsp3) is 0.385. The Labute approximate surface area is 120 Å². The summed E-state index contributed by atoms with van der Waals surface area (Å²) in [6.07, 6.45) is 6.92. The Kier molecular flexibility index (Phi) is 3.60. The van der Waals surface area contributed by atoms with Crippen molar-refractivity contribution >= 4 is 28.2 Å². The number of nitrogens with zero attached hydrogens (tertiary/aromatic N) is 4. The molecule has 0 aliphatic carbocycles. The number of hydrogen-bond acceptors (Lipinski definition) is 6. The summed E-state index contributed by atoms with van der Waals surface area (Å²) < 4.78 is 0. The Hall–Kier alpha value is -2.02. The van der Waals surface area contributed by atoms with Crippen LogP contribution in [-0.2, 0) is 4.79 Å². The zero-order valence-corrected chi connectivity index (χ0v) is 11.9. The molecule has 1 N–H and O–H groups in total. The molecule has 0 aromatic carbocycles. The Morgan fingerprint density at radius 1 is 1.50 bits per heavy atom. The van der Waals surface area contributed by atoms with Gasteiger partial charge < -0.3 is 10.2 Å². The van der Waals surface area contributed by atoms with Gasteiger partial charge in [0.2, 0.25) is 5.91 Å². The normalized spacial score (nSPS) is 18.2. The first kappa shape index (κ1) is 13.0. The van der Waals surface area contributed by atoms with Gasteiger partial charge >= 0.3 is 0 Å². The van der Waals surface area contributed by atoms with Crippen molar-refractivity contribution in [2.24, 2.45) is 0 Å². The standard InChI is InChI=1S/C13H15N5OS/c1-9(19)18-6-2-3-11(18)10-8-20-13(16-10)17-12-7-14-4-5-15-12/h4-5,7-8,11H,2-3,6H2,1H3,(H,15,16,17)/t11-/m1/s1. The Balaban J connectivity index is 1.75. The van der Waals surface area contributed by atoms with Crippen molar-refractivity contribution in [3.63, 3.8) is 0 Å². The van der Waals surface area contributed by atoms with E-state index in [9.17, 15) is 4.79 Å². The summed E-state index contributed by atoms with van der Waals surface area (Å²) in [6, 6.07) is 0.112. The predicted octanol–water partition coefficient (Wildman–Crippen LogP) is 2.36. The van der Waals surface area contributed by atoms with Gasteiger partial charge in [0.25, 0.3) is 0 Å². The van der Waals surface area contributed by atoms with Gasteiger partial charge in [-0.15, -0.1) is 11.3 Å². The topological polar surface area (TPSA) is 71.0 Å². The van der Waals surface area contributed by atoms with Crippen LogP contribution in [0.25, 0.3) is 0 Å². The largest absolute Gasteiger partial charge is 0.334 e. The molecule has 1 aliphatic heterocycles. The van der Waals surface area contributed by atoms with Crippen molar-refractivity contribution in [1.82, 2.24) is 19.9 Å². The highest BCUT2D eigenvalue weighted by Gasteiger charge is 2.29. The molecule has 0 saturated carbocycles. The molecule has 0 spiro atoms. The van der Waals surface area contributed by atoms with Gasteiger partial charge in [-0.25, -0.2) is 9.97 Å². The van der Waals surface area contributed by atoms with Crippen LogP contribution in [-0.4, -0.2) is 32.3 Å². The number of hydrogen-bond donors (Lipinski definition) is 1. The molecule has 1 saturated heterocycles. The number of thiazole rings is 1. The molecule has 7 heteroatoms. The van der Waals surface area contributed by atoms with E-state index in [0.29, 0.717) is 5.82 Å². The second kappa shape index (κ2) is 5.54. The van der Waals surface area contributed by atoms with E-state index in [1.807, 2.05) is 10.3 Å². The number of aromatic nitrogens is 3. The number of likely N-dealkylation sites (tertiary alicyclic amines) is 1. The van der Waals surface area contributed by atoms with Crippen LogP contribution in [0, 0.1) is 0 Å². The van der Waals surface area contributed by atoms with Crippen molar-refractivity contribution in [3.8, 4) is 0 Å². The van der Waals surface area contributed by atoms with Gasteiger partial charge in [-0.05, 0) is 12.8 Å². The molecule has 0 radical (unpaired) electrons. The third kappa shape index (κ3) is 2.62. The molecule has 6 nitrogen and oxygen atoms in total. The van der Waals surface area contributed by atoms with Gasteiger partial charge in [0.05, 0.1) is 17.9 Å². The first-order chi connectivity index (χ1) is 9.74. The first-order valence-electron chi connectivity index (χ1n) is 6.50. The number of anilines is 2. The number of amides is 1. The maximum Gasteiger partial charge on any atom is 0.220 e. The Morgan fingerprint density at radius 2 is 2.40 bits per heavy atom. The molecule has 2 aromatic heterocycles. The highest BCUT2D eigenvalue weighted by molar-refractivity contribution is 7.13. The molecule has 2 aromatic rings. The lowest BCUT2D eigenvalue weighted by Crippen LogP contribution is -2.28. The number of nitrogens with one attached hydrogen (secondary N) is 1. The molecule has 1 amide bonds. The van der Waals surface area contributed by atoms with E-state index in [1.165, 1.54) is 11.3 Å². The van der Waals surface area contributed by atoms with E-state index in [2.05, 4.69) is 20.3 Å². The maximum absolute atomic E-state index is 11.6. The highest BCUT2D eigenvalue weighted by Crippen LogP contribution is 2.33. The van der Waals surface area contributed by atoms with E-state index in [-0.39, 0.29) is 11.9 Å². The van der Waals surface area contributed by atoms with Gasteiger partial charge in [-0.2, -0.15) is 0 Å². The summed E-state index contributed by atoms with van der Waals surface area (Å²) in [5.41, 5.74) is 0.953. The number of carbonyl (C=O) groups is 1. The van der Waals surface area contributed by atoms with E-state index >= 15 is 0 Å². The summed E-state index contributed by atoms with van der Waals surface area (Å²) >= 11 is 1.52. The average Bonchev–Trinajstić information content (AvgIpc) is 3.07. The summed E-state index contributed by atoms with van der Waals surface area (Å²) in [4.78, 5) is 26.2. The zero-order chi connectivity index (χ0) is 13.9. The van der Waals surface area contributed by atoms with Crippen LogP contribution in [0.3, 0.4) is 0 Å². The van der Waals surface area contributed by atoms with Crippen molar-refractivity contribution in [1.29, 1.82) is 0 Å². The van der Waals surface area contributed by atoms with E-state index in [1.54, 1.807) is 25.5 Å². The molecule has 3 rings (SSSR count). The van der Waals surface area contributed by atoms with Crippen LogP contribution in [0.2, 0.25) is 0 Å². The van der Waals surface area contributed by atoms with Gasteiger partial charge in [0.15, 0.2) is 10.9 Å². The lowest BCUT2D eigenvalue weighted by Gasteiger charge is -2.21. The smallest absolute Gasteiger partial charge is 0.220 e. The van der Waals surface area contributed by atoms with Crippen LogP contribution in [0.15, 0.2) is 24.0 Å². The van der Waals surface area contributed by atoms with E-state index in [4.69, 9.17) is 0 Å². The molecule has 1 aliphatic rings. The summed E-state index contributed by atoms with van der Waals surface area (Å²) in [5.74, 6) is 0.784. The van der Waals surface area contributed by atoms with Crippen molar-refractivity contribution in [2.45, 2.75) is 25.8 Å². The van der Waals surface area contributed by atoms with Crippen LogP contribution < -0.4 is 5.32 Å². The van der Waals surface area contributed by atoms with Crippen LogP contribution in [0.4, 0.5) is 10.9 Å². The third-order valence-electron chi connectivity index (χ3n) is 3.32. The average molecular weight is 289 g/mol. The molecular weight excluding hydrogens is 274 g/mol. The summed E-state index contributed by atoms with van der Waals surface area (Å²) in [7, 11) is 0. The van der Waals surface area contributed by atoms with Crippen molar-refractivity contribution in [2.75, 3.05) is 11.9 Å². The van der Waals surface area contributed by atoms with E-state index < -0.39 is 0 Å². The van der Waals surface area contributed by atoms with Gasteiger partial charge in [0, 0.05) is 31.2 Å². The molecule has 1 fully saturated rings. The Bertz CT molecular complexity index is 600. The number of carbonyl (C=O) groups excluding carboxylic acids is 1. The minimum Gasteiger partial charge on any atom is -0.334 e. The lowest BCUT2D eigenvalue weighted by atomic mass is 10.2. The quantitative estimate of drug-likeness (QED) is 0.939. The molecule has 1 atom stereocenters. The molecule has 0 bridgehead atoms. The summed E-state index contributed by atoms with van der Waals surface area (Å²) in [5, 5.41) is 5.90. The molecule has 104 valence electrons. The minimum absolute atomic E-state index is 0.112. The van der Waals surface area contributed by atoms with Crippen LogP contribution in [0.1, 0.15) is 31.5 Å². The summed E-state index contributed by atoms with van der Waals surface area (Å²) in [6.45, 7) is 2.44. The Morgan fingerprint density at radius 3 is 3.15 bits per heavy atom. The predicted molar refractivity (Wildman–Crippen MR) is 76.8 cm³/mol. The van der Waals surface area contributed by atoms with Gasteiger partial charge in [-0.3, -0.25) is 9.78 Å². The maximum atomic E-state index is 11.6. The first-order valence-corrected chi connectivity index (χ1v) is 7.37. The minimum atomic E-state index is 0.112. The second-order valence-electron chi connectivity index (χ2n) is 4.66. The third-order valence-corrected chi connectivity index (χ3v) is 4.09. The number of rotatable bonds is 3. The van der Waals surface area contributed by atoms with Gasteiger partial charge in [-0.1, -0.05) is 0 Å². The molecule has 3 heterocycles.